The van der Waals surface area contributed by atoms with Gasteiger partial charge in [0.2, 0.25) is 0 Å². The number of rotatable bonds is 3. The third-order valence-corrected chi connectivity index (χ3v) is 5.45. The summed E-state index contributed by atoms with van der Waals surface area (Å²) in [4.78, 5) is 11.1. The van der Waals surface area contributed by atoms with Crippen LogP contribution in [0.15, 0.2) is 22.7 Å². The van der Waals surface area contributed by atoms with E-state index in [2.05, 4.69) is 48.2 Å². The van der Waals surface area contributed by atoms with Gasteiger partial charge in [0.25, 0.3) is 0 Å². The van der Waals surface area contributed by atoms with E-state index in [0.717, 1.165) is 25.3 Å². The average molecular weight is 439 g/mol. The lowest BCUT2D eigenvalue weighted by Gasteiger charge is -2.06. The van der Waals surface area contributed by atoms with Gasteiger partial charge in [0.1, 0.15) is 10.6 Å². The molecule has 1 heterocycles. The molecule has 0 aliphatic heterocycles. The highest BCUT2D eigenvalue weighted by molar-refractivity contribution is 14.1. The minimum Gasteiger partial charge on any atom is -0.478 e. The van der Waals surface area contributed by atoms with Crippen LogP contribution < -0.4 is 5.32 Å². The van der Waals surface area contributed by atoms with Crippen LogP contribution >= 0.6 is 50.1 Å². The molecule has 0 aliphatic carbocycles. The first-order chi connectivity index (χ1) is 8.49. The Morgan fingerprint density at radius 2 is 2.28 bits per heavy atom. The zero-order valence-corrected chi connectivity index (χ0v) is 13.8. The Hall–Kier alpha value is -0.670. The fourth-order valence-corrected chi connectivity index (χ4v) is 2.94. The van der Waals surface area contributed by atoms with Crippen LogP contribution in [0.2, 0.25) is 0 Å². The molecular formula is C11H8BrIN2O2S. The topological polar surface area (TPSA) is 62.2 Å². The van der Waals surface area contributed by atoms with E-state index in [-0.39, 0.29) is 5.56 Å². The smallest absolute Gasteiger partial charge is 0.340 e. The number of aromatic nitrogens is 1. The molecule has 4 nitrogen and oxygen atoms in total. The van der Waals surface area contributed by atoms with Gasteiger partial charge >= 0.3 is 5.97 Å². The molecule has 0 bridgehead atoms. The van der Waals surface area contributed by atoms with Crippen molar-refractivity contribution < 1.29 is 9.90 Å². The van der Waals surface area contributed by atoms with E-state index in [9.17, 15) is 4.79 Å². The lowest BCUT2D eigenvalue weighted by Crippen LogP contribution is -2.01. The molecule has 0 aliphatic rings. The second-order valence-corrected chi connectivity index (χ2v) is 6.32. The number of anilines is 2. The number of halogens is 2. The van der Waals surface area contributed by atoms with Crippen molar-refractivity contribution in [2.75, 3.05) is 5.32 Å². The molecule has 0 fully saturated rings. The van der Waals surface area contributed by atoms with Crippen LogP contribution in [0.1, 0.15) is 16.1 Å². The summed E-state index contributed by atoms with van der Waals surface area (Å²) in [6, 6.07) is 5.75. The minimum atomic E-state index is -0.965. The van der Waals surface area contributed by atoms with Gasteiger partial charge in [0.15, 0.2) is 0 Å². The van der Waals surface area contributed by atoms with Crippen LogP contribution in [0.3, 0.4) is 0 Å². The number of carboxylic acids is 1. The normalized spacial score (nSPS) is 10.4. The highest BCUT2D eigenvalue weighted by Crippen LogP contribution is 2.30. The second-order valence-electron chi connectivity index (χ2n) is 3.53. The molecule has 0 amide bonds. The van der Waals surface area contributed by atoms with Gasteiger partial charge in [-0.3, -0.25) is 0 Å². The van der Waals surface area contributed by atoms with Crippen molar-refractivity contribution in [1.82, 2.24) is 4.37 Å². The monoisotopic (exact) mass is 438 g/mol. The number of benzene rings is 1. The second kappa shape index (κ2) is 5.54. The van der Waals surface area contributed by atoms with Gasteiger partial charge < -0.3 is 10.4 Å². The predicted molar refractivity (Wildman–Crippen MR) is 84.0 cm³/mol. The van der Waals surface area contributed by atoms with Gasteiger partial charge in [-0.2, -0.15) is 4.37 Å². The summed E-state index contributed by atoms with van der Waals surface area (Å²) in [6.07, 6.45) is 0. The van der Waals surface area contributed by atoms with Crippen molar-refractivity contribution in [2.45, 2.75) is 6.92 Å². The van der Waals surface area contributed by atoms with Gasteiger partial charge in [0.05, 0.1) is 5.69 Å². The van der Waals surface area contributed by atoms with E-state index in [4.69, 9.17) is 5.11 Å². The molecule has 0 atom stereocenters. The molecule has 2 rings (SSSR count). The van der Waals surface area contributed by atoms with Crippen molar-refractivity contribution in [3.8, 4) is 0 Å². The maximum Gasteiger partial charge on any atom is 0.340 e. The summed E-state index contributed by atoms with van der Waals surface area (Å²) in [5, 5.41) is 12.8. The molecular weight excluding hydrogens is 431 g/mol. The summed E-state index contributed by atoms with van der Waals surface area (Å²) >= 11 is 6.80. The first-order valence-electron chi connectivity index (χ1n) is 4.90. The molecule has 0 saturated heterocycles. The number of hydrogen-bond acceptors (Lipinski definition) is 4. The Kier molecular flexibility index (Phi) is 4.23. The number of hydrogen-bond donors (Lipinski definition) is 2. The number of aromatic carboxylic acids is 1. The predicted octanol–water partition coefficient (Wildman–Crippen LogP) is 4.26. The molecule has 1 aromatic carbocycles. The van der Waals surface area contributed by atoms with Crippen molar-refractivity contribution >= 4 is 66.7 Å². The average Bonchev–Trinajstić information content (AvgIpc) is 2.65. The third-order valence-electron chi connectivity index (χ3n) is 2.25. The van der Waals surface area contributed by atoms with Crippen molar-refractivity contribution in [1.29, 1.82) is 0 Å². The summed E-state index contributed by atoms with van der Waals surface area (Å²) < 4.78 is 6.12. The number of carbonyl (C=O) groups is 1. The van der Waals surface area contributed by atoms with Crippen molar-refractivity contribution in [3.63, 3.8) is 0 Å². The van der Waals surface area contributed by atoms with Crippen LogP contribution in [-0.4, -0.2) is 15.4 Å². The Morgan fingerprint density at radius 3 is 2.89 bits per heavy atom. The third kappa shape index (κ3) is 2.83. The van der Waals surface area contributed by atoms with Gasteiger partial charge in [-0.15, -0.1) is 0 Å². The zero-order valence-electron chi connectivity index (χ0n) is 9.20. The van der Waals surface area contributed by atoms with E-state index < -0.39 is 5.97 Å². The number of carboxylic acid groups (broad SMARTS) is 1. The van der Waals surface area contributed by atoms with Gasteiger partial charge in [-0.05, 0) is 75.2 Å². The van der Waals surface area contributed by atoms with Crippen LogP contribution in [-0.2, 0) is 0 Å². The standard InChI is InChI=1S/C11H8BrIN2O2S/c1-5-9(11(16)17)10(18-15-5)14-6-2-3-8(13)7(12)4-6/h2-4,14H,1H3,(H,16,17). The minimum absolute atomic E-state index is 0.231. The van der Waals surface area contributed by atoms with Crippen LogP contribution in [0.25, 0.3) is 0 Å². The van der Waals surface area contributed by atoms with Crippen molar-refractivity contribution in [3.05, 3.63) is 37.5 Å². The fourth-order valence-electron chi connectivity index (χ4n) is 1.41. The van der Waals surface area contributed by atoms with Crippen LogP contribution in [0.5, 0.6) is 0 Å². The summed E-state index contributed by atoms with van der Waals surface area (Å²) in [7, 11) is 0. The van der Waals surface area contributed by atoms with Crippen molar-refractivity contribution in [2.24, 2.45) is 0 Å². The summed E-state index contributed by atoms with van der Waals surface area (Å²) in [5.41, 5.74) is 1.59. The molecule has 0 spiro atoms. The Morgan fingerprint density at radius 1 is 1.56 bits per heavy atom. The lowest BCUT2D eigenvalue weighted by molar-refractivity contribution is 0.0697. The quantitative estimate of drug-likeness (QED) is 0.703. The Bertz CT molecular complexity index is 615. The van der Waals surface area contributed by atoms with E-state index in [1.807, 2.05) is 18.2 Å². The number of aryl methyl sites for hydroxylation is 1. The largest absolute Gasteiger partial charge is 0.478 e. The zero-order chi connectivity index (χ0) is 13.3. The first-order valence-corrected chi connectivity index (χ1v) is 7.55. The first kappa shape index (κ1) is 13.8. The van der Waals surface area contributed by atoms with Crippen LogP contribution in [0.4, 0.5) is 10.7 Å². The SMILES string of the molecule is Cc1nsc(Nc2ccc(I)c(Br)c2)c1C(=O)O. The highest BCUT2D eigenvalue weighted by atomic mass is 127. The maximum atomic E-state index is 11.1. The molecule has 7 heteroatoms. The number of nitrogens with one attached hydrogen (secondary N) is 1. The lowest BCUT2D eigenvalue weighted by atomic mass is 10.2. The molecule has 18 heavy (non-hydrogen) atoms. The fraction of sp³-hybridized carbons (Fsp3) is 0.0909. The highest BCUT2D eigenvalue weighted by Gasteiger charge is 2.17. The van der Waals surface area contributed by atoms with E-state index in [1.165, 1.54) is 0 Å². The molecule has 2 aromatic rings. The molecule has 0 saturated carbocycles. The molecule has 0 radical (unpaired) electrons. The van der Waals surface area contributed by atoms with E-state index >= 15 is 0 Å². The summed E-state index contributed by atoms with van der Waals surface area (Å²) in [5.74, 6) is -0.965. The Balaban J connectivity index is 2.34. The maximum absolute atomic E-state index is 11.1. The summed E-state index contributed by atoms with van der Waals surface area (Å²) in [6.45, 7) is 1.69. The molecule has 2 N–H and O–H groups in total. The van der Waals surface area contributed by atoms with Gasteiger partial charge in [0, 0.05) is 13.7 Å². The van der Waals surface area contributed by atoms with Gasteiger partial charge in [-0.25, -0.2) is 4.79 Å². The van der Waals surface area contributed by atoms with E-state index in [1.54, 1.807) is 6.92 Å². The van der Waals surface area contributed by atoms with Gasteiger partial charge in [-0.1, -0.05) is 0 Å². The molecule has 0 unspecified atom stereocenters. The van der Waals surface area contributed by atoms with Crippen LogP contribution in [0, 0.1) is 10.5 Å². The number of nitrogens with zero attached hydrogens (tertiary/aromatic N) is 1. The molecule has 94 valence electrons. The van der Waals surface area contributed by atoms with E-state index in [0.29, 0.717) is 10.7 Å². The Labute approximate surface area is 130 Å². The molecule has 1 aromatic heterocycles.